The van der Waals surface area contributed by atoms with Crippen molar-refractivity contribution < 1.29 is 9.15 Å². The molecule has 2 heterocycles. The third-order valence-electron chi connectivity index (χ3n) is 9.82. The first kappa shape index (κ1) is 27.6. The second-order valence-corrected chi connectivity index (χ2v) is 12.7. The maximum atomic E-state index is 7.06. The van der Waals surface area contributed by atoms with Crippen molar-refractivity contribution in [2.24, 2.45) is 0 Å². The minimum atomic E-state index is 0.341. The van der Waals surface area contributed by atoms with E-state index in [0.29, 0.717) is 18.0 Å². The molecule has 0 radical (unpaired) electrons. The molecule has 10 rings (SSSR count). The molecule has 0 saturated carbocycles. The quantitative estimate of drug-likeness (QED) is 0.193. The van der Waals surface area contributed by atoms with Crippen molar-refractivity contribution in [2.45, 2.75) is 6.61 Å². The zero-order valence-corrected chi connectivity index (χ0v) is 26.6. The first-order chi connectivity index (χ1) is 24.2. The van der Waals surface area contributed by atoms with Crippen LogP contribution in [0.2, 0.25) is 0 Å². The smallest absolute Gasteiger partial charge is 0.155 e. The summed E-state index contributed by atoms with van der Waals surface area (Å²) in [6.45, 7) is 0.341. The summed E-state index contributed by atoms with van der Waals surface area (Å²) < 4.78 is 15.5. The molecule has 8 aromatic carbocycles. The monoisotopic (exact) mass is 630 g/mol. The van der Waals surface area contributed by atoms with Crippen LogP contribution in [0.1, 0.15) is 5.56 Å². The first-order valence-corrected chi connectivity index (χ1v) is 16.6. The van der Waals surface area contributed by atoms with Crippen LogP contribution < -0.4 is 10.5 Å². The first-order valence-electron chi connectivity index (χ1n) is 16.6. The summed E-state index contributed by atoms with van der Waals surface area (Å²) in [7, 11) is 0. The van der Waals surface area contributed by atoms with E-state index in [0.717, 1.165) is 55.2 Å². The minimum absolute atomic E-state index is 0.341. The lowest BCUT2D eigenvalue weighted by atomic mass is 9.97. The van der Waals surface area contributed by atoms with Gasteiger partial charge in [-0.1, -0.05) is 109 Å². The van der Waals surface area contributed by atoms with E-state index in [-0.39, 0.29) is 0 Å². The molecule has 0 atom stereocenters. The Kier molecular flexibility index (Phi) is 6.06. The highest BCUT2D eigenvalue weighted by molar-refractivity contribution is 6.14. The molecule has 0 bridgehead atoms. The summed E-state index contributed by atoms with van der Waals surface area (Å²) in [6, 6.07) is 55.3. The molecule has 2 N–H and O–H groups in total. The molecule has 0 unspecified atom stereocenters. The van der Waals surface area contributed by atoms with Crippen LogP contribution in [0.3, 0.4) is 0 Å². The van der Waals surface area contributed by atoms with Gasteiger partial charge in [0.05, 0.1) is 22.1 Å². The fraction of sp³-hybridized carbons (Fsp3) is 0.0222. The number of ether oxygens (including phenoxy) is 1. The molecule has 49 heavy (non-hydrogen) atoms. The van der Waals surface area contributed by atoms with E-state index in [1.54, 1.807) is 0 Å². The van der Waals surface area contributed by atoms with E-state index < -0.39 is 0 Å². The summed E-state index contributed by atoms with van der Waals surface area (Å²) in [5.41, 5.74) is 15.6. The second-order valence-electron chi connectivity index (χ2n) is 12.7. The van der Waals surface area contributed by atoms with E-state index in [2.05, 4.69) is 144 Å². The van der Waals surface area contributed by atoms with Gasteiger partial charge in [-0.3, -0.25) is 0 Å². The van der Waals surface area contributed by atoms with Gasteiger partial charge in [0.15, 0.2) is 5.75 Å². The van der Waals surface area contributed by atoms with Gasteiger partial charge >= 0.3 is 0 Å². The van der Waals surface area contributed by atoms with Crippen LogP contribution in [0.25, 0.3) is 82.1 Å². The number of hydrogen-bond donors (Lipinski definition) is 1. The van der Waals surface area contributed by atoms with Crippen LogP contribution in [-0.4, -0.2) is 4.57 Å². The molecule has 0 amide bonds. The Balaban J connectivity index is 1.13. The maximum Gasteiger partial charge on any atom is 0.155 e. The van der Waals surface area contributed by atoms with E-state index in [1.165, 1.54) is 32.4 Å². The van der Waals surface area contributed by atoms with Gasteiger partial charge in [-0.2, -0.15) is 0 Å². The number of nitrogens with zero attached hydrogens (tertiary/aromatic N) is 1. The van der Waals surface area contributed by atoms with Crippen LogP contribution in [-0.2, 0) is 6.61 Å². The lowest BCUT2D eigenvalue weighted by molar-refractivity contribution is 0.312. The Labute approximate surface area is 282 Å². The van der Waals surface area contributed by atoms with Crippen LogP contribution in [0.4, 0.5) is 5.69 Å². The zero-order valence-electron chi connectivity index (χ0n) is 26.6. The SMILES string of the molecule is Nc1c(-c2ccc3ccccc3c2)cc2oc3ccccc3c2c1OCc1ccc2c3cc4ccccc4cc3n(-c3ccccc3)c2c1. The summed E-state index contributed by atoms with van der Waals surface area (Å²) in [5.74, 6) is 0.639. The van der Waals surface area contributed by atoms with E-state index in [1.807, 2.05) is 18.2 Å². The van der Waals surface area contributed by atoms with Crippen molar-refractivity contribution in [1.29, 1.82) is 0 Å². The molecule has 0 aliphatic heterocycles. The molecule has 2 aromatic heterocycles. The average Bonchev–Trinajstić information content (AvgIpc) is 3.68. The lowest BCUT2D eigenvalue weighted by Crippen LogP contribution is -2.02. The van der Waals surface area contributed by atoms with Gasteiger partial charge in [-0.05, 0) is 81.2 Å². The zero-order chi connectivity index (χ0) is 32.5. The number of hydrogen-bond acceptors (Lipinski definition) is 3. The Hall–Kier alpha value is -6.52. The Morgan fingerprint density at radius 1 is 0.531 bits per heavy atom. The van der Waals surface area contributed by atoms with Crippen molar-refractivity contribution in [3.8, 4) is 22.6 Å². The van der Waals surface area contributed by atoms with Crippen molar-refractivity contribution in [1.82, 2.24) is 4.57 Å². The molecule has 0 saturated heterocycles. The summed E-state index contributed by atoms with van der Waals surface area (Å²) >= 11 is 0. The number of para-hydroxylation sites is 2. The molecule has 0 fully saturated rings. The Morgan fingerprint density at radius 2 is 1.22 bits per heavy atom. The van der Waals surface area contributed by atoms with E-state index in [9.17, 15) is 0 Å². The number of aromatic nitrogens is 1. The highest BCUT2D eigenvalue weighted by atomic mass is 16.5. The number of fused-ring (bicyclic) bond motifs is 8. The van der Waals surface area contributed by atoms with Crippen LogP contribution >= 0.6 is 0 Å². The van der Waals surface area contributed by atoms with Crippen LogP contribution in [0.5, 0.6) is 5.75 Å². The number of furan rings is 1. The van der Waals surface area contributed by atoms with Gasteiger partial charge in [0, 0.05) is 27.4 Å². The van der Waals surface area contributed by atoms with E-state index >= 15 is 0 Å². The summed E-state index contributed by atoms with van der Waals surface area (Å²) in [6.07, 6.45) is 0. The number of nitrogens with two attached hydrogens (primary N) is 1. The predicted octanol–water partition coefficient (Wildman–Crippen LogP) is 11.8. The molecule has 4 nitrogen and oxygen atoms in total. The number of benzene rings is 8. The van der Waals surface area contributed by atoms with Gasteiger partial charge < -0.3 is 19.5 Å². The molecule has 232 valence electrons. The molecule has 0 aliphatic carbocycles. The van der Waals surface area contributed by atoms with Gasteiger partial charge in [-0.25, -0.2) is 0 Å². The molecular weight excluding hydrogens is 601 g/mol. The van der Waals surface area contributed by atoms with Crippen LogP contribution in [0, 0.1) is 0 Å². The maximum absolute atomic E-state index is 7.06. The summed E-state index contributed by atoms with van der Waals surface area (Å²) in [4.78, 5) is 0. The Bertz CT molecular complexity index is 2900. The highest BCUT2D eigenvalue weighted by Crippen LogP contribution is 2.45. The lowest BCUT2D eigenvalue weighted by Gasteiger charge is -2.15. The Morgan fingerprint density at radius 3 is 2.06 bits per heavy atom. The van der Waals surface area contributed by atoms with Crippen LogP contribution in [0.15, 0.2) is 162 Å². The van der Waals surface area contributed by atoms with Gasteiger partial charge in [0.1, 0.15) is 17.8 Å². The third-order valence-corrected chi connectivity index (χ3v) is 9.82. The second kappa shape index (κ2) is 10.8. The highest BCUT2D eigenvalue weighted by Gasteiger charge is 2.21. The largest absolute Gasteiger partial charge is 0.486 e. The van der Waals surface area contributed by atoms with Gasteiger partial charge in [0.2, 0.25) is 0 Å². The third kappa shape index (κ3) is 4.38. The van der Waals surface area contributed by atoms with Crippen molar-refractivity contribution in [3.63, 3.8) is 0 Å². The molecule has 4 heteroatoms. The molecule has 0 spiro atoms. The van der Waals surface area contributed by atoms with E-state index in [4.69, 9.17) is 14.9 Å². The number of anilines is 1. The average molecular weight is 631 g/mol. The van der Waals surface area contributed by atoms with Gasteiger partial charge in [0.25, 0.3) is 0 Å². The molecular formula is C45H30N2O2. The number of rotatable bonds is 5. The topological polar surface area (TPSA) is 53.3 Å². The van der Waals surface area contributed by atoms with Gasteiger partial charge in [-0.15, -0.1) is 0 Å². The fourth-order valence-electron chi connectivity index (χ4n) is 7.46. The standard InChI is InChI=1S/C45H30N2O2/c46-44-37(33-20-19-29-10-4-5-11-30(29)23-33)26-42-43(36-16-8-9-17-41(36)49-42)45(44)48-27-28-18-21-35-38-24-31-12-6-7-13-32(31)25-40(38)47(39(35)22-28)34-14-2-1-3-15-34/h1-26H,27,46H2. The molecule has 10 aromatic rings. The van der Waals surface area contributed by atoms with Crippen molar-refractivity contribution >= 4 is 71.0 Å². The normalized spacial score (nSPS) is 11.8. The van der Waals surface area contributed by atoms with Crippen molar-refractivity contribution in [2.75, 3.05) is 5.73 Å². The molecule has 0 aliphatic rings. The summed E-state index contributed by atoms with van der Waals surface area (Å²) in [5, 5.41) is 9.09. The fourth-order valence-corrected chi connectivity index (χ4v) is 7.46. The van der Waals surface area contributed by atoms with Crippen molar-refractivity contribution in [3.05, 3.63) is 163 Å². The minimum Gasteiger partial charge on any atom is -0.486 e. The number of nitrogen functional groups attached to an aromatic ring is 1. The predicted molar refractivity (Wildman–Crippen MR) is 204 cm³/mol.